The van der Waals surface area contributed by atoms with Gasteiger partial charge in [-0.1, -0.05) is 13.0 Å². The number of rotatable bonds is 6. The number of hydrogen-bond donors (Lipinski definition) is 2. The fourth-order valence-corrected chi connectivity index (χ4v) is 3.12. The maximum absolute atomic E-state index is 4.56. The summed E-state index contributed by atoms with van der Waals surface area (Å²) in [5.74, 6) is 1.82. The fraction of sp³-hybridized carbons (Fsp3) is 0.450. The van der Waals surface area contributed by atoms with Crippen molar-refractivity contribution < 1.29 is 0 Å². The normalized spacial score (nSPS) is 15.1. The average molecular weight is 495 g/mol. The molecule has 28 heavy (non-hydrogen) atoms. The lowest BCUT2D eigenvalue weighted by molar-refractivity contribution is 0.270. The second kappa shape index (κ2) is 11.8. The quantitative estimate of drug-likeness (QED) is 0.364. The van der Waals surface area contributed by atoms with Crippen molar-refractivity contribution in [1.82, 2.24) is 25.5 Å². The van der Waals surface area contributed by atoms with Crippen molar-refractivity contribution in [3.8, 4) is 0 Å². The van der Waals surface area contributed by atoms with Crippen molar-refractivity contribution in [3.05, 3.63) is 54.0 Å². The molecule has 1 aliphatic heterocycles. The van der Waals surface area contributed by atoms with Gasteiger partial charge in [-0.25, -0.2) is 4.98 Å². The second-order valence-electron chi connectivity index (χ2n) is 6.54. The van der Waals surface area contributed by atoms with E-state index in [9.17, 15) is 0 Å². The van der Waals surface area contributed by atoms with Crippen molar-refractivity contribution in [3.63, 3.8) is 0 Å². The highest BCUT2D eigenvalue weighted by molar-refractivity contribution is 14.0. The molecule has 0 radical (unpaired) electrons. The predicted octanol–water partition coefficient (Wildman–Crippen LogP) is 2.10. The van der Waals surface area contributed by atoms with Gasteiger partial charge in [-0.3, -0.25) is 9.98 Å². The van der Waals surface area contributed by atoms with E-state index in [2.05, 4.69) is 48.4 Å². The Morgan fingerprint density at radius 1 is 1.04 bits per heavy atom. The van der Waals surface area contributed by atoms with Crippen LogP contribution in [0.15, 0.2) is 47.7 Å². The van der Waals surface area contributed by atoms with Gasteiger partial charge in [0.1, 0.15) is 5.82 Å². The van der Waals surface area contributed by atoms with Crippen molar-refractivity contribution in [2.75, 3.05) is 44.7 Å². The van der Waals surface area contributed by atoms with Gasteiger partial charge in [0.05, 0.1) is 12.2 Å². The Kier molecular flexibility index (Phi) is 9.42. The van der Waals surface area contributed by atoms with Crippen LogP contribution in [0.3, 0.4) is 0 Å². The van der Waals surface area contributed by atoms with E-state index >= 15 is 0 Å². The van der Waals surface area contributed by atoms with E-state index in [1.54, 1.807) is 13.2 Å². The van der Waals surface area contributed by atoms with E-state index in [1.807, 2.05) is 30.5 Å². The maximum atomic E-state index is 4.56. The van der Waals surface area contributed by atoms with Gasteiger partial charge in [-0.15, -0.1) is 24.0 Å². The second-order valence-corrected chi connectivity index (χ2v) is 6.54. The summed E-state index contributed by atoms with van der Waals surface area (Å²) in [5, 5.41) is 6.65. The van der Waals surface area contributed by atoms with Crippen LogP contribution in [0.4, 0.5) is 5.82 Å². The number of likely N-dealkylation sites (N-methyl/N-ethyl adjacent to an activating group) is 1. The number of guanidine groups is 1. The molecular formula is C20H30IN7. The molecule has 3 heterocycles. The molecule has 8 heteroatoms. The zero-order chi connectivity index (χ0) is 18.9. The molecule has 7 nitrogen and oxygen atoms in total. The monoisotopic (exact) mass is 495 g/mol. The van der Waals surface area contributed by atoms with Gasteiger partial charge in [-0.05, 0) is 36.4 Å². The molecule has 3 rings (SSSR count). The summed E-state index contributed by atoms with van der Waals surface area (Å²) in [5.41, 5.74) is 2.18. The molecule has 0 aromatic carbocycles. The summed E-state index contributed by atoms with van der Waals surface area (Å²) >= 11 is 0. The minimum absolute atomic E-state index is 0. The standard InChI is InChI=1S/C20H29N7.HI/c1-3-26-10-12-27(13-11-26)19-14-17(7-9-23-19)15-24-20(21-2)25-16-18-6-4-5-8-22-18;/h4-9,14H,3,10-13,15-16H2,1-2H3,(H2,21,24,25);1H. The highest BCUT2D eigenvalue weighted by Crippen LogP contribution is 2.15. The minimum atomic E-state index is 0. The summed E-state index contributed by atoms with van der Waals surface area (Å²) < 4.78 is 0. The van der Waals surface area contributed by atoms with E-state index in [4.69, 9.17) is 0 Å². The van der Waals surface area contributed by atoms with E-state index in [-0.39, 0.29) is 24.0 Å². The van der Waals surface area contributed by atoms with Gasteiger partial charge < -0.3 is 20.4 Å². The summed E-state index contributed by atoms with van der Waals surface area (Å²) in [7, 11) is 1.78. The third kappa shape index (κ3) is 6.59. The first kappa shape index (κ1) is 22.4. The Balaban J connectivity index is 0.00000280. The van der Waals surface area contributed by atoms with E-state index in [0.717, 1.165) is 50.2 Å². The largest absolute Gasteiger partial charge is 0.354 e. The van der Waals surface area contributed by atoms with Crippen LogP contribution in [-0.4, -0.2) is 60.6 Å². The lowest BCUT2D eigenvalue weighted by atomic mass is 10.2. The van der Waals surface area contributed by atoms with Gasteiger partial charge >= 0.3 is 0 Å². The first-order valence-electron chi connectivity index (χ1n) is 9.55. The summed E-state index contributed by atoms with van der Waals surface area (Å²) in [6, 6.07) is 10.1. The third-order valence-corrected chi connectivity index (χ3v) is 4.80. The van der Waals surface area contributed by atoms with Crippen LogP contribution >= 0.6 is 24.0 Å². The Bertz CT molecular complexity index is 730. The number of aliphatic imine (C=N–C) groups is 1. The molecule has 0 aliphatic carbocycles. The lowest BCUT2D eigenvalue weighted by Crippen LogP contribution is -2.46. The molecule has 2 aromatic heterocycles. The Morgan fingerprint density at radius 2 is 1.82 bits per heavy atom. The van der Waals surface area contributed by atoms with E-state index < -0.39 is 0 Å². The highest BCUT2D eigenvalue weighted by Gasteiger charge is 2.16. The Morgan fingerprint density at radius 3 is 2.50 bits per heavy atom. The van der Waals surface area contributed by atoms with Gasteiger partial charge in [0.2, 0.25) is 0 Å². The zero-order valence-corrected chi connectivity index (χ0v) is 19.0. The number of halogens is 1. The highest BCUT2D eigenvalue weighted by atomic mass is 127. The zero-order valence-electron chi connectivity index (χ0n) is 16.6. The van der Waals surface area contributed by atoms with E-state index in [1.165, 1.54) is 5.56 Å². The topological polar surface area (TPSA) is 68.7 Å². The lowest BCUT2D eigenvalue weighted by Gasteiger charge is -2.34. The van der Waals surface area contributed by atoms with Gasteiger partial charge in [0, 0.05) is 52.2 Å². The molecule has 2 N–H and O–H groups in total. The average Bonchev–Trinajstić information content (AvgIpc) is 2.75. The van der Waals surface area contributed by atoms with Gasteiger partial charge in [0.25, 0.3) is 0 Å². The van der Waals surface area contributed by atoms with Gasteiger partial charge in [-0.2, -0.15) is 0 Å². The molecular weight excluding hydrogens is 465 g/mol. The number of piperazine rings is 1. The summed E-state index contributed by atoms with van der Waals surface area (Å²) in [6.07, 6.45) is 3.69. The molecule has 1 aliphatic rings. The molecule has 0 saturated carbocycles. The van der Waals surface area contributed by atoms with Crippen LogP contribution in [0, 0.1) is 0 Å². The molecule has 0 bridgehead atoms. The van der Waals surface area contributed by atoms with Crippen LogP contribution in [0.25, 0.3) is 0 Å². The number of nitrogens with one attached hydrogen (secondary N) is 2. The molecule has 1 fully saturated rings. The predicted molar refractivity (Wildman–Crippen MR) is 125 cm³/mol. The van der Waals surface area contributed by atoms with E-state index in [0.29, 0.717) is 13.1 Å². The third-order valence-electron chi connectivity index (χ3n) is 4.80. The summed E-state index contributed by atoms with van der Waals surface area (Å²) in [4.78, 5) is 18.0. The number of aromatic nitrogens is 2. The Hall–Kier alpha value is -1.94. The molecule has 0 unspecified atom stereocenters. The van der Waals surface area contributed by atoms with Crippen molar-refractivity contribution >= 4 is 35.8 Å². The molecule has 2 aromatic rings. The van der Waals surface area contributed by atoms with Crippen LogP contribution < -0.4 is 15.5 Å². The van der Waals surface area contributed by atoms with Crippen molar-refractivity contribution in [1.29, 1.82) is 0 Å². The number of nitrogens with zero attached hydrogens (tertiary/aromatic N) is 5. The number of pyridine rings is 2. The van der Waals surface area contributed by atoms with Crippen LogP contribution in [0.2, 0.25) is 0 Å². The minimum Gasteiger partial charge on any atom is -0.354 e. The first-order valence-corrected chi connectivity index (χ1v) is 9.55. The fourth-order valence-electron chi connectivity index (χ4n) is 3.12. The van der Waals surface area contributed by atoms with Crippen LogP contribution in [-0.2, 0) is 13.1 Å². The summed E-state index contributed by atoms with van der Waals surface area (Å²) in [6.45, 7) is 8.95. The molecule has 0 atom stereocenters. The van der Waals surface area contributed by atoms with Gasteiger partial charge in [0.15, 0.2) is 5.96 Å². The molecule has 1 saturated heterocycles. The first-order chi connectivity index (χ1) is 13.3. The molecule has 0 amide bonds. The number of hydrogen-bond acceptors (Lipinski definition) is 5. The maximum Gasteiger partial charge on any atom is 0.191 e. The Labute approximate surface area is 184 Å². The molecule has 152 valence electrons. The molecule has 0 spiro atoms. The number of anilines is 1. The van der Waals surface area contributed by atoms with Crippen molar-refractivity contribution in [2.24, 2.45) is 4.99 Å². The smallest absolute Gasteiger partial charge is 0.191 e. The van der Waals surface area contributed by atoms with Crippen molar-refractivity contribution in [2.45, 2.75) is 20.0 Å². The van der Waals surface area contributed by atoms with Crippen LogP contribution in [0.1, 0.15) is 18.2 Å². The SMILES string of the molecule is CCN1CCN(c2cc(CNC(=NC)NCc3ccccn3)ccn2)CC1.I. The van der Waals surface area contributed by atoms with Crippen LogP contribution in [0.5, 0.6) is 0 Å².